The summed E-state index contributed by atoms with van der Waals surface area (Å²) in [6, 6.07) is 19.3. The van der Waals surface area contributed by atoms with Crippen molar-refractivity contribution in [3.05, 3.63) is 65.7 Å². The molecular formula is C18H24N2. The van der Waals surface area contributed by atoms with E-state index in [1.54, 1.807) is 0 Å². The van der Waals surface area contributed by atoms with Gasteiger partial charge < -0.3 is 10.2 Å². The standard InChI is InChI=1S/C18H24N2/c1-3-20(18-11-7-8-16(2)14-18)13-12-19-15-17-9-5-4-6-10-17/h4-11,14,19H,3,12-13,15H2,1-2H3. The summed E-state index contributed by atoms with van der Waals surface area (Å²) in [7, 11) is 0. The van der Waals surface area contributed by atoms with Gasteiger partial charge in [-0.3, -0.25) is 0 Å². The average molecular weight is 268 g/mol. The maximum atomic E-state index is 3.51. The van der Waals surface area contributed by atoms with Crippen molar-refractivity contribution in [1.29, 1.82) is 0 Å². The van der Waals surface area contributed by atoms with Gasteiger partial charge in [0.05, 0.1) is 0 Å². The molecule has 0 saturated heterocycles. The van der Waals surface area contributed by atoms with Gasteiger partial charge in [0.15, 0.2) is 0 Å². The number of likely N-dealkylation sites (N-methyl/N-ethyl adjacent to an activating group) is 1. The van der Waals surface area contributed by atoms with Crippen LogP contribution in [-0.4, -0.2) is 19.6 Å². The lowest BCUT2D eigenvalue weighted by Crippen LogP contribution is -2.31. The van der Waals surface area contributed by atoms with Crippen molar-refractivity contribution < 1.29 is 0 Å². The molecule has 106 valence electrons. The highest BCUT2D eigenvalue weighted by Crippen LogP contribution is 2.14. The molecule has 0 unspecified atom stereocenters. The number of aryl methyl sites for hydroxylation is 1. The van der Waals surface area contributed by atoms with Crippen LogP contribution in [0.15, 0.2) is 54.6 Å². The van der Waals surface area contributed by atoms with Crippen LogP contribution in [0.4, 0.5) is 5.69 Å². The SMILES string of the molecule is CCN(CCNCc1ccccc1)c1cccc(C)c1. The first-order chi connectivity index (χ1) is 9.79. The molecule has 0 aliphatic rings. The van der Waals surface area contributed by atoms with Gasteiger partial charge in [0.25, 0.3) is 0 Å². The fourth-order valence-electron chi connectivity index (χ4n) is 2.34. The van der Waals surface area contributed by atoms with Crippen molar-refractivity contribution in [1.82, 2.24) is 5.32 Å². The highest BCUT2D eigenvalue weighted by Gasteiger charge is 2.03. The molecule has 0 spiro atoms. The number of hydrogen-bond acceptors (Lipinski definition) is 2. The number of anilines is 1. The first kappa shape index (κ1) is 14.6. The van der Waals surface area contributed by atoms with Crippen LogP contribution in [0.3, 0.4) is 0 Å². The van der Waals surface area contributed by atoms with Crippen LogP contribution in [0.25, 0.3) is 0 Å². The molecule has 0 heterocycles. The zero-order chi connectivity index (χ0) is 14.2. The number of hydrogen-bond donors (Lipinski definition) is 1. The molecule has 0 radical (unpaired) electrons. The fraction of sp³-hybridized carbons (Fsp3) is 0.333. The van der Waals surface area contributed by atoms with Crippen molar-refractivity contribution in [2.45, 2.75) is 20.4 Å². The smallest absolute Gasteiger partial charge is 0.0369 e. The third-order valence-corrected chi connectivity index (χ3v) is 3.48. The molecule has 2 aromatic carbocycles. The molecule has 1 N–H and O–H groups in total. The average Bonchev–Trinajstić information content (AvgIpc) is 2.48. The number of nitrogens with one attached hydrogen (secondary N) is 1. The molecule has 2 rings (SSSR count). The third-order valence-electron chi connectivity index (χ3n) is 3.48. The van der Waals surface area contributed by atoms with Crippen molar-refractivity contribution in [3.8, 4) is 0 Å². The van der Waals surface area contributed by atoms with Crippen LogP contribution in [0.5, 0.6) is 0 Å². The molecule has 2 heteroatoms. The Hall–Kier alpha value is -1.80. The summed E-state index contributed by atoms with van der Waals surface area (Å²) >= 11 is 0. The third kappa shape index (κ3) is 4.39. The fourth-order valence-corrected chi connectivity index (χ4v) is 2.34. The Morgan fingerprint density at radius 1 is 1.00 bits per heavy atom. The molecule has 0 aromatic heterocycles. The van der Waals surface area contributed by atoms with E-state index in [9.17, 15) is 0 Å². The lowest BCUT2D eigenvalue weighted by molar-refractivity contribution is 0.665. The van der Waals surface area contributed by atoms with E-state index in [-0.39, 0.29) is 0 Å². The molecular weight excluding hydrogens is 244 g/mol. The maximum Gasteiger partial charge on any atom is 0.0369 e. The van der Waals surface area contributed by atoms with Crippen LogP contribution >= 0.6 is 0 Å². The second-order valence-corrected chi connectivity index (χ2v) is 5.08. The normalized spacial score (nSPS) is 10.5. The minimum absolute atomic E-state index is 0.937. The number of nitrogens with zero attached hydrogens (tertiary/aromatic N) is 1. The highest BCUT2D eigenvalue weighted by atomic mass is 15.1. The Kier molecular flexibility index (Phi) is 5.63. The summed E-state index contributed by atoms with van der Waals surface area (Å²) < 4.78 is 0. The second-order valence-electron chi connectivity index (χ2n) is 5.08. The van der Waals surface area contributed by atoms with Crippen LogP contribution in [0.2, 0.25) is 0 Å². The molecule has 0 aliphatic carbocycles. The Balaban J connectivity index is 1.80. The number of rotatable bonds is 7. The van der Waals surface area contributed by atoms with Gasteiger partial charge in [0.2, 0.25) is 0 Å². The van der Waals surface area contributed by atoms with E-state index in [1.807, 2.05) is 0 Å². The van der Waals surface area contributed by atoms with Gasteiger partial charge in [-0.1, -0.05) is 42.5 Å². The summed E-state index contributed by atoms with van der Waals surface area (Å²) in [4.78, 5) is 2.41. The van der Waals surface area contributed by atoms with Crippen LogP contribution in [0.1, 0.15) is 18.1 Å². The summed E-state index contributed by atoms with van der Waals surface area (Å²) in [5.74, 6) is 0. The monoisotopic (exact) mass is 268 g/mol. The van der Waals surface area contributed by atoms with Gasteiger partial charge >= 0.3 is 0 Å². The lowest BCUT2D eigenvalue weighted by atomic mass is 10.2. The van der Waals surface area contributed by atoms with Crippen molar-refractivity contribution in [3.63, 3.8) is 0 Å². The topological polar surface area (TPSA) is 15.3 Å². The van der Waals surface area contributed by atoms with Gasteiger partial charge in [0, 0.05) is 31.9 Å². The first-order valence-electron chi connectivity index (χ1n) is 7.36. The van der Waals surface area contributed by atoms with Gasteiger partial charge in [-0.15, -0.1) is 0 Å². The van der Waals surface area contributed by atoms with Gasteiger partial charge in [-0.05, 0) is 37.1 Å². The summed E-state index contributed by atoms with van der Waals surface area (Å²) in [6.07, 6.45) is 0. The quantitative estimate of drug-likeness (QED) is 0.772. The number of benzene rings is 2. The molecule has 0 amide bonds. The predicted octanol–water partition coefficient (Wildman–Crippen LogP) is 3.61. The zero-order valence-corrected chi connectivity index (χ0v) is 12.5. The predicted molar refractivity (Wildman–Crippen MR) is 87.2 cm³/mol. The Bertz CT molecular complexity index is 508. The van der Waals surface area contributed by atoms with Crippen molar-refractivity contribution >= 4 is 5.69 Å². The van der Waals surface area contributed by atoms with Crippen LogP contribution in [-0.2, 0) is 6.54 Å². The highest BCUT2D eigenvalue weighted by molar-refractivity contribution is 5.48. The van der Waals surface area contributed by atoms with Crippen LogP contribution in [0, 0.1) is 6.92 Å². The maximum absolute atomic E-state index is 3.51. The van der Waals surface area contributed by atoms with E-state index < -0.39 is 0 Å². The molecule has 0 fully saturated rings. The van der Waals surface area contributed by atoms with E-state index in [2.05, 4.69) is 78.7 Å². The molecule has 2 aromatic rings. The second kappa shape index (κ2) is 7.71. The summed E-state index contributed by atoms with van der Waals surface area (Å²) in [5.41, 5.74) is 3.97. The Morgan fingerprint density at radius 2 is 1.80 bits per heavy atom. The van der Waals surface area contributed by atoms with E-state index in [1.165, 1.54) is 16.8 Å². The minimum atomic E-state index is 0.937. The van der Waals surface area contributed by atoms with Gasteiger partial charge in [0.1, 0.15) is 0 Å². The largest absolute Gasteiger partial charge is 0.371 e. The Morgan fingerprint density at radius 3 is 2.50 bits per heavy atom. The van der Waals surface area contributed by atoms with E-state index >= 15 is 0 Å². The Labute approximate surface area is 122 Å². The lowest BCUT2D eigenvalue weighted by Gasteiger charge is -2.23. The van der Waals surface area contributed by atoms with E-state index in [4.69, 9.17) is 0 Å². The molecule has 0 bridgehead atoms. The molecule has 20 heavy (non-hydrogen) atoms. The minimum Gasteiger partial charge on any atom is -0.371 e. The summed E-state index contributed by atoms with van der Waals surface area (Å²) in [5, 5.41) is 3.51. The van der Waals surface area contributed by atoms with E-state index in [0.29, 0.717) is 0 Å². The van der Waals surface area contributed by atoms with Crippen LogP contribution < -0.4 is 10.2 Å². The molecule has 2 nitrogen and oxygen atoms in total. The van der Waals surface area contributed by atoms with Gasteiger partial charge in [-0.25, -0.2) is 0 Å². The molecule has 0 aliphatic heterocycles. The zero-order valence-electron chi connectivity index (χ0n) is 12.5. The van der Waals surface area contributed by atoms with Crippen molar-refractivity contribution in [2.24, 2.45) is 0 Å². The molecule has 0 atom stereocenters. The summed E-state index contributed by atoms with van der Waals surface area (Å²) in [6.45, 7) is 8.36. The van der Waals surface area contributed by atoms with Crippen molar-refractivity contribution in [2.75, 3.05) is 24.5 Å². The molecule has 0 saturated carbocycles. The van der Waals surface area contributed by atoms with E-state index in [0.717, 1.165) is 26.2 Å². The first-order valence-corrected chi connectivity index (χ1v) is 7.36. The van der Waals surface area contributed by atoms with Gasteiger partial charge in [-0.2, -0.15) is 0 Å².